The molecular weight excluding hydrogens is 301 g/mol. The van der Waals surface area contributed by atoms with Gasteiger partial charge in [-0.15, -0.1) is 10.2 Å². The van der Waals surface area contributed by atoms with Crippen LogP contribution in [0, 0.1) is 5.82 Å². The molecule has 0 radical (unpaired) electrons. The van der Waals surface area contributed by atoms with Gasteiger partial charge in [0.2, 0.25) is 0 Å². The average Bonchev–Trinajstić information content (AvgIpc) is 3.08. The number of nitrogens with zero attached hydrogens (tertiary/aromatic N) is 3. The molecule has 2 aromatic rings. The second-order valence-corrected chi connectivity index (χ2v) is 6.82. The predicted molar refractivity (Wildman–Crippen MR) is 83.4 cm³/mol. The van der Waals surface area contributed by atoms with Crippen molar-refractivity contribution in [3.63, 3.8) is 0 Å². The Kier molecular flexibility index (Phi) is 3.88. The first kappa shape index (κ1) is 14.2. The van der Waals surface area contributed by atoms with Crippen LogP contribution >= 0.6 is 11.8 Å². The molecule has 6 heteroatoms. The Labute approximate surface area is 133 Å². The maximum atomic E-state index is 14.1. The fraction of sp³-hybridized carbons (Fsp3) is 0.500. The van der Waals surface area contributed by atoms with Crippen molar-refractivity contribution < 1.29 is 9.13 Å². The van der Waals surface area contributed by atoms with E-state index >= 15 is 0 Å². The van der Waals surface area contributed by atoms with E-state index in [1.54, 1.807) is 23.9 Å². The van der Waals surface area contributed by atoms with E-state index in [0.717, 1.165) is 43.2 Å². The van der Waals surface area contributed by atoms with Gasteiger partial charge in [0.25, 0.3) is 0 Å². The van der Waals surface area contributed by atoms with E-state index in [4.69, 9.17) is 4.74 Å². The summed E-state index contributed by atoms with van der Waals surface area (Å²) < 4.78 is 21.8. The third-order valence-electron chi connectivity index (χ3n) is 4.11. The van der Waals surface area contributed by atoms with Gasteiger partial charge in [-0.05, 0) is 37.8 Å². The number of rotatable bonds is 5. The van der Waals surface area contributed by atoms with Crippen molar-refractivity contribution in [2.24, 2.45) is 0 Å². The van der Waals surface area contributed by atoms with Crippen LogP contribution in [-0.2, 0) is 4.74 Å². The second kappa shape index (κ2) is 6.01. The molecule has 0 spiro atoms. The molecule has 0 N–H and O–H groups in total. The number of aromatic nitrogens is 3. The highest BCUT2D eigenvalue weighted by molar-refractivity contribution is 7.99. The van der Waals surface area contributed by atoms with Gasteiger partial charge in [-0.2, -0.15) is 0 Å². The summed E-state index contributed by atoms with van der Waals surface area (Å²) in [7, 11) is 0. The minimum Gasteiger partial charge on any atom is -0.377 e. The zero-order valence-corrected chi connectivity index (χ0v) is 13.1. The Morgan fingerprint density at radius 1 is 1.23 bits per heavy atom. The topological polar surface area (TPSA) is 39.9 Å². The van der Waals surface area contributed by atoms with E-state index in [9.17, 15) is 4.39 Å². The Balaban J connectivity index is 1.61. The zero-order chi connectivity index (χ0) is 14.9. The van der Waals surface area contributed by atoms with E-state index in [1.807, 2.05) is 6.07 Å². The van der Waals surface area contributed by atoms with Crippen LogP contribution in [0.3, 0.4) is 0 Å². The molecule has 116 valence electrons. The minimum atomic E-state index is -0.243. The largest absolute Gasteiger partial charge is 0.377 e. The summed E-state index contributed by atoms with van der Waals surface area (Å²) in [6, 6.07) is 7.19. The van der Waals surface area contributed by atoms with Gasteiger partial charge in [-0.1, -0.05) is 23.9 Å². The van der Waals surface area contributed by atoms with Gasteiger partial charge in [-0.3, -0.25) is 4.57 Å². The van der Waals surface area contributed by atoms with E-state index in [2.05, 4.69) is 14.8 Å². The third kappa shape index (κ3) is 2.77. The summed E-state index contributed by atoms with van der Waals surface area (Å²) in [6.07, 6.45) is 4.80. The molecule has 1 aliphatic heterocycles. The summed E-state index contributed by atoms with van der Waals surface area (Å²) in [4.78, 5) is 0. The van der Waals surface area contributed by atoms with E-state index < -0.39 is 0 Å². The van der Waals surface area contributed by atoms with E-state index in [1.165, 1.54) is 6.07 Å². The Morgan fingerprint density at radius 3 is 2.82 bits per heavy atom. The summed E-state index contributed by atoms with van der Waals surface area (Å²) in [5.74, 6) is 1.30. The summed E-state index contributed by atoms with van der Waals surface area (Å²) in [5, 5.41) is 9.46. The molecule has 22 heavy (non-hydrogen) atoms. The molecule has 1 saturated carbocycles. The fourth-order valence-electron chi connectivity index (χ4n) is 2.81. The third-order valence-corrected chi connectivity index (χ3v) is 5.19. The molecule has 2 aliphatic rings. The molecule has 1 aliphatic carbocycles. The van der Waals surface area contributed by atoms with Crippen LogP contribution in [0.5, 0.6) is 0 Å². The molecule has 4 nitrogen and oxygen atoms in total. The van der Waals surface area contributed by atoms with Gasteiger partial charge in [0.1, 0.15) is 5.82 Å². The fourth-order valence-corrected chi connectivity index (χ4v) is 3.88. The van der Waals surface area contributed by atoms with Crippen LogP contribution in [0.4, 0.5) is 4.39 Å². The molecule has 1 saturated heterocycles. The molecule has 1 aromatic carbocycles. The number of ether oxygens (including phenoxy) is 1. The zero-order valence-electron chi connectivity index (χ0n) is 12.2. The van der Waals surface area contributed by atoms with Gasteiger partial charge in [0, 0.05) is 18.4 Å². The second-order valence-electron chi connectivity index (χ2n) is 5.83. The first-order chi connectivity index (χ1) is 10.8. The maximum absolute atomic E-state index is 14.1. The van der Waals surface area contributed by atoms with E-state index in [-0.39, 0.29) is 5.82 Å². The molecule has 0 bridgehead atoms. The highest BCUT2D eigenvalue weighted by atomic mass is 32.2. The molecular formula is C16H18FN3OS. The molecule has 1 aromatic heterocycles. The molecule has 2 fully saturated rings. The SMILES string of the molecule is Fc1ccccc1-c1nnc(SC[C@H]2CCCO2)n1C1CC1. The molecule has 0 amide bonds. The Hall–Kier alpha value is -1.40. The number of thioether (sulfide) groups is 1. The van der Waals surface area contributed by atoms with Crippen molar-refractivity contribution in [1.82, 2.24) is 14.8 Å². The summed E-state index contributed by atoms with van der Waals surface area (Å²) in [5.41, 5.74) is 0.533. The number of hydrogen-bond donors (Lipinski definition) is 0. The lowest BCUT2D eigenvalue weighted by molar-refractivity contribution is 0.129. The quantitative estimate of drug-likeness (QED) is 0.788. The molecule has 2 heterocycles. The van der Waals surface area contributed by atoms with Gasteiger partial charge in [0.05, 0.1) is 11.7 Å². The highest BCUT2D eigenvalue weighted by Gasteiger charge is 2.31. The normalized spacial score (nSPS) is 21.4. The molecule has 0 unspecified atom stereocenters. The molecule has 4 rings (SSSR count). The van der Waals surface area contributed by atoms with Crippen molar-refractivity contribution >= 4 is 11.8 Å². The first-order valence-electron chi connectivity index (χ1n) is 7.77. The van der Waals surface area contributed by atoms with Crippen LogP contribution in [0.25, 0.3) is 11.4 Å². The number of benzene rings is 1. The van der Waals surface area contributed by atoms with Crippen LogP contribution in [0.1, 0.15) is 31.7 Å². The molecule has 1 atom stereocenters. The maximum Gasteiger partial charge on any atom is 0.191 e. The standard InChI is InChI=1S/C16H18FN3OS/c17-14-6-2-1-5-13(14)15-18-19-16(20(15)11-7-8-11)22-10-12-4-3-9-21-12/h1-2,5-6,11-12H,3-4,7-10H2/t12-/m1/s1. The van der Waals surface area contributed by atoms with Gasteiger partial charge in [0.15, 0.2) is 11.0 Å². The minimum absolute atomic E-state index is 0.243. The summed E-state index contributed by atoms with van der Waals surface area (Å²) >= 11 is 1.68. The van der Waals surface area contributed by atoms with Crippen molar-refractivity contribution in [1.29, 1.82) is 0 Å². The van der Waals surface area contributed by atoms with Crippen molar-refractivity contribution in [3.8, 4) is 11.4 Å². The summed E-state index contributed by atoms with van der Waals surface area (Å²) in [6.45, 7) is 0.862. The predicted octanol–water partition coefficient (Wildman–Crippen LogP) is 3.69. The smallest absolute Gasteiger partial charge is 0.191 e. The van der Waals surface area contributed by atoms with Crippen LogP contribution in [0.2, 0.25) is 0 Å². The van der Waals surface area contributed by atoms with Crippen molar-refractivity contribution in [3.05, 3.63) is 30.1 Å². The lowest BCUT2D eigenvalue weighted by Gasteiger charge is -2.11. The number of halogens is 1. The first-order valence-corrected chi connectivity index (χ1v) is 8.75. The Bertz CT molecular complexity index is 665. The van der Waals surface area contributed by atoms with Crippen molar-refractivity contribution in [2.45, 2.75) is 43.0 Å². The van der Waals surface area contributed by atoms with E-state index in [0.29, 0.717) is 23.5 Å². The monoisotopic (exact) mass is 319 g/mol. The van der Waals surface area contributed by atoms with Crippen LogP contribution in [-0.4, -0.2) is 33.2 Å². The lowest BCUT2D eigenvalue weighted by Crippen LogP contribution is -2.09. The average molecular weight is 319 g/mol. The Morgan fingerprint density at radius 2 is 2.09 bits per heavy atom. The lowest BCUT2D eigenvalue weighted by atomic mass is 10.2. The van der Waals surface area contributed by atoms with Gasteiger partial charge >= 0.3 is 0 Å². The number of hydrogen-bond acceptors (Lipinski definition) is 4. The highest BCUT2D eigenvalue weighted by Crippen LogP contribution is 2.41. The van der Waals surface area contributed by atoms with Crippen molar-refractivity contribution in [2.75, 3.05) is 12.4 Å². The van der Waals surface area contributed by atoms with Crippen LogP contribution < -0.4 is 0 Å². The van der Waals surface area contributed by atoms with Crippen LogP contribution in [0.15, 0.2) is 29.4 Å². The van der Waals surface area contributed by atoms with Gasteiger partial charge < -0.3 is 4.74 Å². The van der Waals surface area contributed by atoms with Gasteiger partial charge in [-0.25, -0.2) is 4.39 Å².